The first-order valence-electron chi connectivity index (χ1n) is 5.67. The lowest BCUT2D eigenvalue weighted by Gasteiger charge is -2.14. The maximum absolute atomic E-state index is 5.82. The minimum Gasteiger partial charge on any atom is -0.374 e. The summed E-state index contributed by atoms with van der Waals surface area (Å²) in [5.41, 5.74) is 2.61. The molecule has 0 spiro atoms. The number of rotatable bonds is 2. The summed E-state index contributed by atoms with van der Waals surface area (Å²) in [7, 11) is 0. The molecule has 1 unspecified atom stereocenters. The Hall–Kier alpha value is -1.08. The average molecular weight is 202 g/mol. The van der Waals surface area contributed by atoms with E-state index < -0.39 is 0 Å². The predicted octanol–water partition coefficient (Wildman–Crippen LogP) is 3.35. The van der Waals surface area contributed by atoms with Crippen LogP contribution in [0.2, 0.25) is 0 Å². The molecule has 2 rings (SSSR count). The minimum absolute atomic E-state index is 0.381. The second-order valence-corrected chi connectivity index (χ2v) is 4.26. The van der Waals surface area contributed by atoms with Crippen LogP contribution in [0.4, 0.5) is 0 Å². The standard InChI is InChI=1S/C14H18O/c1-12-6-5-9-14(15-11-12)10-13-7-3-2-4-8-13/h2-4,7-8,14H,1,5-6,9-11H2. The van der Waals surface area contributed by atoms with Crippen LogP contribution < -0.4 is 0 Å². The Balaban J connectivity index is 1.92. The molecule has 0 saturated carbocycles. The number of ether oxygens (including phenoxy) is 1. The van der Waals surface area contributed by atoms with E-state index in [1.807, 2.05) is 0 Å². The molecule has 0 aliphatic carbocycles. The van der Waals surface area contributed by atoms with Crippen LogP contribution in [0, 0.1) is 0 Å². The molecule has 0 N–H and O–H groups in total. The normalized spacial score (nSPS) is 22.4. The van der Waals surface area contributed by atoms with Crippen molar-refractivity contribution >= 4 is 0 Å². The molecule has 0 aromatic heterocycles. The topological polar surface area (TPSA) is 9.23 Å². The van der Waals surface area contributed by atoms with Crippen molar-refractivity contribution in [3.05, 3.63) is 48.0 Å². The molecule has 1 aliphatic heterocycles. The largest absolute Gasteiger partial charge is 0.374 e. The molecular weight excluding hydrogens is 184 g/mol. The van der Waals surface area contributed by atoms with Gasteiger partial charge in [0, 0.05) is 0 Å². The third-order valence-electron chi connectivity index (χ3n) is 2.89. The van der Waals surface area contributed by atoms with Gasteiger partial charge in [-0.3, -0.25) is 0 Å². The highest BCUT2D eigenvalue weighted by molar-refractivity contribution is 5.15. The molecule has 1 nitrogen and oxygen atoms in total. The lowest BCUT2D eigenvalue weighted by Crippen LogP contribution is -2.14. The van der Waals surface area contributed by atoms with Gasteiger partial charge in [-0.25, -0.2) is 0 Å². The van der Waals surface area contributed by atoms with Crippen molar-refractivity contribution in [1.82, 2.24) is 0 Å². The molecule has 0 amide bonds. The summed E-state index contributed by atoms with van der Waals surface area (Å²) in [6, 6.07) is 10.6. The van der Waals surface area contributed by atoms with Gasteiger partial charge in [-0.15, -0.1) is 0 Å². The van der Waals surface area contributed by atoms with E-state index in [9.17, 15) is 0 Å². The summed E-state index contributed by atoms with van der Waals surface area (Å²) < 4.78 is 5.82. The van der Waals surface area contributed by atoms with Crippen LogP contribution in [0.5, 0.6) is 0 Å². The summed E-state index contributed by atoms with van der Waals surface area (Å²) in [5.74, 6) is 0. The first-order chi connectivity index (χ1) is 7.34. The summed E-state index contributed by atoms with van der Waals surface area (Å²) in [6.07, 6.45) is 4.93. The maximum atomic E-state index is 5.82. The highest BCUT2D eigenvalue weighted by Crippen LogP contribution is 2.19. The fraction of sp³-hybridized carbons (Fsp3) is 0.429. The summed E-state index contributed by atoms with van der Waals surface area (Å²) >= 11 is 0. The Labute approximate surface area is 91.8 Å². The van der Waals surface area contributed by atoms with Gasteiger partial charge >= 0.3 is 0 Å². The van der Waals surface area contributed by atoms with E-state index in [0.29, 0.717) is 6.10 Å². The molecule has 80 valence electrons. The Kier molecular flexibility index (Phi) is 3.57. The van der Waals surface area contributed by atoms with Crippen LogP contribution >= 0.6 is 0 Å². The Bertz CT molecular complexity index is 315. The lowest BCUT2D eigenvalue weighted by atomic mass is 10.0. The zero-order valence-corrected chi connectivity index (χ0v) is 9.11. The smallest absolute Gasteiger partial charge is 0.0678 e. The monoisotopic (exact) mass is 202 g/mol. The molecule has 1 aromatic rings. The van der Waals surface area contributed by atoms with Gasteiger partial charge in [0.05, 0.1) is 12.7 Å². The minimum atomic E-state index is 0.381. The first-order valence-corrected chi connectivity index (χ1v) is 5.67. The molecular formula is C14H18O. The molecule has 1 saturated heterocycles. The number of benzene rings is 1. The van der Waals surface area contributed by atoms with Gasteiger partial charge in [-0.05, 0) is 31.2 Å². The van der Waals surface area contributed by atoms with Crippen LogP contribution in [0.15, 0.2) is 42.5 Å². The van der Waals surface area contributed by atoms with Gasteiger partial charge < -0.3 is 4.74 Å². The molecule has 1 atom stereocenters. The lowest BCUT2D eigenvalue weighted by molar-refractivity contribution is 0.0719. The van der Waals surface area contributed by atoms with Crippen LogP contribution in [-0.4, -0.2) is 12.7 Å². The van der Waals surface area contributed by atoms with Crippen molar-refractivity contribution in [3.63, 3.8) is 0 Å². The van der Waals surface area contributed by atoms with E-state index in [4.69, 9.17) is 4.74 Å². The predicted molar refractivity (Wildman–Crippen MR) is 62.9 cm³/mol. The van der Waals surface area contributed by atoms with Crippen molar-refractivity contribution in [3.8, 4) is 0 Å². The number of hydrogen-bond acceptors (Lipinski definition) is 1. The van der Waals surface area contributed by atoms with E-state index in [1.54, 1.807) is 0 Å². The van der Waals surface area contributed by atoms with E-state index in [-0.39, 0.29) is 0 Å². The van der Waals surface area contributed by atoms with E-state index in [0.717, 1.165) is 25.9 Å². The molecule has 1 heterocycles. The van der Waals surface area contributed by atoms with Crippen molar-refractivity contribution in [2.24, 2.45) is 0 Å². The highest BCUT2D eigenvalue weighted by atomic mass is 16.5. The molecule has 1 aliphatic rings. The molecule has 1 aromatic carbocycles. The zero-order chi connectivity index (χ0) is 10.5. The molecule has 0 radical (unpaired) electrons. The third-order valence-corrected chi connectivity index (χ3v) is 2.89. The van der Waals surface area contributed by atoms with Crippen LogP contribution in [-0.2, 0) is 11.2 Å². The fourth-order valence-corrected chi connectivity index (χ4v) is 2.01. The second-order valence-electron chi connectivity index (χ2n) is 4.26. The van der Waals surface area contributed by atoms with Crippen molar-refractivity contribution < 1.29 is 4.74 Å². The van der Waals surface area contributed by atoms with Gasteiger partial charge in [-0.2, -0.15) is 0 Å². The molecule has 0 bridgehead atoms. The van der Waals surface area contributed by atoms with Gasteiger partial charge in [0.2, 0.25) is 0 Å². The van der Waals surface area contributed by atoms with Gasteiger partial charge in [0.25, 0.3) is 0 Å². The van der Waals surface area contributed by atoms with Gasteiger partial charge in [0.1, 0.15) is 0 Å². The van der Waals surface area contributed by atoms with Crippen molar-refractivity contribution in [2.45, 2.75) is 31.8 Å². The van der Waals surface area contributed by atoms with Crippen LogP contribution in [0.25, 0.3) is 0 Å². The second kappa shape index (κ2) is 5.13. The highest BCUT2D eigenvalue weighted by Gasteiger charge is 2.14. The SMILES string of the molecule is C=C1CCCC(Cc2ccccc2)OC1. The Morgan fingerprint density at radius 1 is 1.27 bits per heavy atom. The quantitative estimate of drug-likeness (QED) is 0.668. The molecule has 1 fully saturated rings. The average Bonchev–Trinajstić information content (AvgIpc) is 2.46. The van der Waals surface area contributed by atoms with Crippen LogP contribution in [0.3, 0.4) is 0 Å². The Morgan fingerprint density at radius 3 is 2.87 bits per heavy atom. The van der Waals surface area contributed by atoms with Crippen molar-refractivity contribution in [1.29, 1.82) is 0 Å². The van der Waals surface area contributed by atoms with Gasteiger partial charge in [0.15, 0.2) is 0 Å². The van der Waals surface area contributed by atoms with Crippen LogP contribution in [0.1, 0.15) is 24.8 Å². The summed E-state index contributed by atoms with van der Waals surface area (Å²) in [6.45, 7) is 4.74. The van der Waals surface area contributed by atoms with E-state index in [1.165, 1.54) is 17.6 Å². The maximum Gasteiger partial charge on any atom is 0.0678 e. The zero-order valence-electron chi connectivity index (χ0n) is 9.11. The molecule has 1 heteroatoms. The summed E-state index contributed by atoms with van der Waals surface area (Å²) in [5, 5.41) is 0. The number of hydrogen-bond donors (Lipinski definition) is 0. The summed E-state index contributed by atoms with van der Waals surface area (Å²) in [4.78, 5) is 0. The first kappa shape index (κ1) is 10.4. The molecule has 15 heavy (non-hydrogen) atoms. The van der Waals surface area contributed by atoms with Gasteiger partial charge in [-0.1, -0.05) is 42.5 Å². The van der Waals surface area contributed by atoms with E-state index >= 15 is 0 Å². The third kappa shape index (κ3) is 3.21. The fourth-order valence-electron chi connectivity index (χ4n) is 2.01. The van der Waals surface area contributed by atoms with Crippen molar-refractivity contribution in [2.75, 3.05) is 6.61 Å². The Morgan fingerprint density at radius 2 is 2.07 bits per heavy atom. The van der Waals surface area contributed by atoms with E-state index in [2.05, 4.69) is 36.9 Å².